The summed E-state index contributed by atoms with van der Waals surface area (Å²) >= 11 is 0. The molecule has 0 aliphatic carbocycles. The lowest BCUT2D eigenvalue weighted by Crippen LogP contribution is -2.45. The fraction of sp³-hybridized carbons (Fsp3) is 0.980. The molecule has 0 bridgehead atoms. The number of aliphatic hydroxyl groups is 2. The Bertz CT molecular complexity index is 685. The minimum absolute atomic E-state index is 0.0244. The van der Waals surface area contributed by atoms with Crippen molar-refractivity contribution in [2.75, 3.05) is 6.61 Å². The highest BCUT2D eigenvalue weighted by atomic mass is 16.3. The maximum Gasteiger partial charge on any atom is 0.220 e. The zero-order chi connectivity index (χ0) is 38.6. The summed E-state index contributed by atoms with van der Waals surface area (Å²) in [6.45, 7) is 4.39. The average Bonchev–Trinajstić information content (AvgIpc) is 3.16. The largest absolute Gasteiger partial charge is 0.394 e. The van der Waals surface area contributed by atoms with Crippen LogP contribution < -0.4 is 5.32 Å². The van der Waals surface area contributed by atoms with E-state index in [0.29, 0.717) is 12.8 Å². The molecular weight excluding hydrogens is 651 g/mol. The monoisotopic (exact) mass is 750 g/mol. The second kappa shape index (κ2) is 45.8. The summed E-state index contributed by atoms with van der Waals surface area (Å²) in [5, 5.41) is 23.2. The third-order valence-electron chi connectivity index (χ3n) is 11.9. The molecule has 0 aliphatic rings. The zero-order valence-electron chi connectivity index (χ0n) is 36.6. The Morgan fingerprint density at radius 1 is 0.377 bits per heavy atom. The molecule has 0 heterocycles. The highest BCUT2D eigenvalue weighted by Crippen LogP contribution is 2.18. The van der Waals surface area contributed by atoms with E-state index in [1.807, 2.05) is 0 Å². The highest BCUT2D eigenvalue weighted by molar-refractivity contribution is 5.76. The summed E-state index contributed by atoms with van der Waals surface area (Å²) in [5.41, 5.74) is 0. The predicted molar refractivity (Wildman–Crippen MR) is 235 cm³/mol. The number of unbranched alkanes of at least 4 members (excludes halogenated alkanes) is 39. The summed E-state index contributed by atoms with van der Waals surface area (Å²) in [5.74, 6) is -0.0244. The first-order valence-electron chi connectivity index (χ1n) is 24.7. The third kappa shape index (κ3) is 42.4. The van der Waals surface area contributed by atoms with Crippen LogP contribution in [0.4, 0.5) is 0 Å². The molecular formula is C49H99NO3. The van der Waals surface area contributed by atoms with E-state index >= 15 is 0 Å². The van der Waals surface area contributed by atoms with Crippen molar-refractivity contribution in [2.45, 2.75) is 302 Å². The van der Waals surface area contributed by atoms with Crippen molar-refractivity contribution < 1.29 is 15.0 Å². The van der Waals surface area contributed by atoms with Crippen LogP contribution in [-0.2, 0) is 4.79 Å². The predicted octanol–water partition coefficient (Wildman–Crippen LogP) is 15.6. The van der Waals surface area contributed by atoms with Crippen LogP contribution in [0.2, 0.25) is 0 Å². The molecule has 0 aromatic heterocycles. The van der Waals surface area contributed by atoms with Crippen molar-refractivity contribution in [3.05, 3.63) is 0 Å². The fourth-order valence-corrected chi connectivity index (χ4v) is 8.07. The Morgan fingerprint density at radius 2 is 0.604 bits per heavy atom. The molecule has 3 N–H and O–H groups in total. The van der Waals surface area contributed by atoms with E-state index in [1.165, 1.54) is 238 Å². The van der Waals surface area contributed by atoms with E-state index < -0.39 is 12.1 Å². The van der Waals surface area contributed by atoms with Gasteiger partial charge in [0.05, 0.1) is 18.8 Å². The van der Waals surface area contributed by atoms with Gasteiger partial charge in [-0.05, 0) is 12.8 Å². The van der Waals surface area contributed by atoms with Crippen LogP contribution in [0.25, 0.3) is 0 Å². The molecule has 0 spiro atoms. The summed E-state index contributed by atoms with van der Waals surface area (Å²) in [4.78, 5) is 12.4. The van der Waals surface area contributed by atoms with Crippen molar-refractivity contribution >= 4 is 5.91 Å². The Hall–Kier alpha value is -0.610. The summed E-state index contributed by atoms with van der Waals surface area (Å²) in [6.07, 6.45) is 56.4. The number of carbonyl (C=O) groups is 1. The molecule has 0 aliphatic heterocycles. The smallest absolute Gasteiger partial charge is 0.220 e. The lowest BCUT2D eigenvalue weighted by atomic mass is 10.0. The van der Waals surface area contributed by atoms with Gasteiger partial charge < -0.3 is 15.5 Å². The molecule has 2 unspecified atom stereocenters. The Morgan fingerprint density at radius 3 is 0.849 bits per heavy atom. The quantitative estimate of drug-likeness (QED) is 0.0543. The molecule has 0 saturated heterocycles. The Labute approximate surface area is 334 Å². The molecule has 53 heavy (non-hydrogen) atoms. The van der Waals surface area contributed by atoms with E-state index in [4.69, 9.17) is 0 Å². The number of nitrogens with one attached hydrogen (secondary N) is 1. The molecule has 318 valence electrons. The highest BCUT2D eigenvalue weighted by Gasteiger charge is 2.20. The summed E-state index contributed by atoms with van der Waals surface area (Å²) in [7, 11) is 0. The molecule has 0 aromatic carbocycles. The molecule has 0 fully saturated rings. The minimum atomic E-state index is -0.653. The van der Waals surface area contributed by atoms with Gasteiger partial charge in [0.1, 0.15) is 0 Å². The van der Waals surface area contributed by atoms with Crippen LogP contribution in [0, 0.1) is 0 Å². The number of hydrogen-bond donors (Lipinski definition) is 3. The van der Waals surface area contributed by atoms with Crippen LogP contribution in [0.1, 0.15) is 290 Å². The van der Waals surface area contributed by atoms with Crippen molar-refractivity contribution in [1.29, 1.82) is 0 Å². The van der Waals surface area contributed by atoms with Gasteiger partial charge in [-0.3, -0.25) is 4.79 Å². The second-order valence-electron chi connectivity index (χ2n) is 17.3. The molecule has 2 atom stereocenters. The number of hydrogen-bond acceptors (Lipinski definition) is 3. The summed E-state index contributed by atoms with van der Waals surface area (Å²) in [6, 6.07) is -0.529. The number of rotatable bonds is 46. The van der Waals surface area contributed by atoms with Crippen LogP contribution in [0.3, 0.4) is 0 Å². The van der Waals surface area contributed by atoms with Gasteiger partial charge in [0, 0.05) is 6.42 Å². The van der Waals surface area contributed by atoms with Gasteiger partial charge in [0.2, 0.25) is 5.91 Å². The van der Waals surface area contributed by atoms with E-state index in [-0.39, 0.29) is 12.5 Å². The van der Waals surface area contributed by atoms with Crippen LogP contribution in [0.5, 0.6) is 0 Å². The van der Waals surface area contributed by atoms with Gasteiger partial charge >= 0.3 is 0 Å². The van der Waals surface area contributed by atoms with Gasteiger partial charge in [-0.15, -0.1) is 0 Å². The van der Waals surface area contributed by atoms with E-state index in [2.05, 4.69) is 19.2 Å². The Kier molecular flexibility index (Phi) is 45.3. The van der Waals surface area contributed by atoms with Crippen LogP contribution in [-0.4, -0.2) is 34.9 Å². The second-order valence-corrected chi connectivity index (χ2v) is 17.3. The van der Waals surface area contributed by atoms with E-state index in [1.54, 1.807) is 0 Å². The van der Waals surface area contributed by atoms with Gasteiger partial charge in [-0.1, -0.05) is 271 Å². The van der Waals surface area contributed by atoms with E-state index in [9.17, 15) is 15.0 Å². The van der Waals surface area contributed by atoms with Crippen LogP contribution >= 0.6 is 0 Å². The van der Waals surface area contributed by atoms with Gasteiger partial charge in [0.15, 0.2) is 0 Å². The third-order valence-corrected chi connectivity index (χ3v) is 11.9. The summed E-state index contributed by atoms with van der Waals surface area (Å²) < 4.78 is 0. The molecule has 0 rings (SSSR count). The van der Waals surface area contributed by atoms with Gasteiger partial charge in [0.25, 0.3) is 0 Å². The number of aliphatic hydroxyl groups excluding tert-OH is 2. The fourth-order valence-electron chi connectivity index (χ4n) is 8.07. The lowest BCUT2D eigenvalue weighted by Gasteiger charge is -2.22. The minimum Gasteiger partial charge on any atom is -0.394 e. The van der Waals surface area contributed by atoms with Crippen molar-refractivity contribution in [1.82, 2.24) is 5.32 Å². The molecule has 4 nitrogen and oxygen atoms in total. The maximum atomic E-state index is 12.4. The van der Waals surface area contributed by atoms with Gasteiger partial charge in [-0.25, -0.2) is 0 Å². The molecule has 0 saturated carbocycles. The first-order chi connectivity index (χ1) is 26.2. The average molecular weight is 750 g/mol. The first-order valence-corrected chi connectivity index (χ1v) is 24.7. The number of carbonyl (C=O) groups excluding carboxylic acids is 1. The first kappa shape index (κ1) is 52.4. The maximum absolute atomic E-state index is 12.4. The molecule has 1 amide bonds. The topological polar surface area (TPSA) is 69.6 Å². The standard InChI is InChI=1S/C49H99NO3/c1-3-5-7-9-11-13-15-17-19-20-21-22-23-24-25-26-27-28-29-30-31-33-35-37-39-41-43-45-49(53)50-47(46-51)48(52)44-42-40-38-36-34-32-18-16-14-12-10-8-6-4-2/h47-48,51-52H,3-46H2,1-2H3,(H,50,53). The SMILES string of the molecule is CCCCCCCCCCCCCCCCCCCCCCCCCCCCCC(=O)NC(CO)C(O)CCCCCCCCCCCCCCCC. The molecule has 0 radical (unpaired) electrons. The van der Waals surface area contributed by atoms with E-state index in [0.717, 1.165) is 25.7 Å². The molecule has 0 aromatic rings. The molecule has 4 heteroatoms. The van der Waals surface area contributed by atoms with Crippen molar-refractivity contribution in [3.8, 4) is 0 Å². The normalized spacial score (nSPS) is 12.8. The zero-order valence-corrected chi connectivity index (χ0v) is 36.6. The van der Waals surface area contributed by atoms with Gasteiger partial charge in [-0.2, -0.15) is 0 Å². The van der Waals surface area contributed by atoms with Crippen molar-refractivity contribution in [3.63, 3.8) is 0 Å². The number of amides is 1. The lowest BCUT2D eigenvalue weighted by molar-refractivity contribution is -0.123. The Balaban J connectivity index is 3.39. The van der Waals surface area contributed by atoms with Crippen molar-refractivity contribution in [2.24, 2.45) is 0 Å². The van der Waals surface area contributed by atoms with Crippen LogP contribution in [0.15, 0.2) is 0 Å².